The third kappa shape index (κ3) is 5.39. The van der Waals surface area contributed by atoms with Crippen LogP contribution in [0.2, 0.25) is 0 Å². The van der Waals surface area contributed by atoms with E-state index < -0.39 is 12.0 Å². The second-order valence-electron chi connectivity index (χ2n) is 3.92. The lowest BCUT2D eigenvalue weighted by Gasteiger charge is -2.13. The Balaban J connectivity index is 1.90. The summed E-state index contributed by atoms with van der Waals surface area (Å²) in [5.41, 5.74) is 5.39. The molecule has 1 fully saturated rings. The summed E-state index contributed by atoms with van der Waals surface area (Å²) in [5, 5.41) is 8.56. The van der Waals surface area contributed by atoms with Gasteiger partial charge < -0.3 is 15.7 Å². The molecule has 0 aromatic rings. The van der Waals surface area contributed by atoms with Crippen molar-refractivity contribution in [3.8, 4) is 0 Å². The first-order valence-corrected chi connectivity index (χ1v) is 6.64. The van der Waals surface area contributed by atoms with Crippen LogP contribution in [0.5, 0.6) is 0 Å². The molecule has 0 aliphatic carbocycles. The van der Waals surface area contributed by atoms with Crippen LogP contribution < -0.4 is 5.73 Å². The number of carboxylic acids is 1. The summed E-state index contributed by atoms with van der Waals surface area (Å²) in [4.78, 5) is 12.9. The Bertz CT molecular complexity index is 196. The first kappa shape index (κ1) is 12.8. The predicted octanol–water partition coefficient (Wildman–Crippen LogP) is 0.617. The molecule has 15 heavy (non-hydrogen) atoms. The van der Waals surface area contributed by atoms with Crippen molar-refractivity contribution in [2.75, 3.05) is 31.1 Å². The highest BCUT2D eigenvalue weighted by Gasteiger charge is 2.12. The van der Waals surface area contributed by atoms with Gasteiger partial charge in [0.2, 0.25) is 0 Å². The van der Waals surface area contributed by atoms with E-state index >= 15 is 0 Å². The average Bonchev–Trinajstić information content (AvgIpc) is 2.69. The van der Waals surface area contributed by atoms with Gasteiger partial charge in [-0.2, -0.15) is 11.8 Å². The summed E-state index contributed by atoms with van der Waals surface area (Å²) in [6.07, 6.45) is 3.80. The highest BCUT2D eigenvalue weighted by Crippen LogP contribution is 2.10. The van der Waals surface area contributed by atoms with Crippen LogP contribution in [-0.4, -0.2) is 53.2 Å². The zero-order valence-corrected chi connectivity index (χ0v) is 9.84. The summed E-state index contributed by atoms with van der Waals surface area (Å²) in [7, 11) is 0. The van der Waals surface area contributed by atoms with E-state index in [0.717, 1.165) is 18.7 Å². The number of aliphatic carboxylic acids is 1. The number of rotatable bonds is 7. The Hall–Kier alpha value is -0.260. The van der Waals surface area contributed by atoms with Crippen LogP contribution in [0.15, 0.2) is 0 Å². The van der Waals surface area contributed by atoms with Gasteiger partial charge in [0, 0.05) is 5.75 Å². The van der Waals surface area contributed by atoms with Crippen molar-refractivity contribution in [2.45, 2.75) is 25.3 Å². The van der Waals surface area contributed by atoms with Gasteiger partial charge in [-0.05, 0) is 44.6 Å². The maximum atomic E-state index is 10.4. The monoisotopic (exact) mass is 232 g/mol. The second-order valence-corrected chi connectivity index (χ2v) is 5.07. The Labute approximate surface area is 95.2 Å². The topological polar surface area (TPSA) is 66.6 Å². The largest absolute Gasteiger partial charge is 0.480 e. The Kier molecular flexibility index (Phi) is 6.05. The fraction of sp³-hybridized carbons (Fsp3) is 0.900. The van der Waals surface area contributed by atoms with Gasteiger partial charge in [-0.1, -0.05) is 0 Å². The molecule has 0 bridgehead atoms. The molecular weight excluding hydrogens is 212 g/mol. The Morgan fingerprint density at radius 1 is 1.47 bits per heavy atom. The summed E-state index contributed by atoms with van der Waals surface area (Å²) in [5.74, 6) is 0.634. The molecule has 3 N–H and O–H groups in total. The molecule has 1 atom stereocenters. The number of nitrogens with zero attached hydrogens (tertiary/aromatic N) is 1. The minimum absolute atomic E-state index is 0.523. The molecule has 0 radical (unpaired) electrons. The lowest BCUT2D eigenvalue weighted by atomic mass is 10.4. The van der Waals surface area contributed by atoms with Gasteiger partial charge in [0.25, 0.3) is 0 Å². The number of carbonyl (C=O) groups is 1. The van der Waals surface area contributed by atoms with Gasteiger partial charge in [0.15, 0.2) is 0 Å². The van der Waals surface area contributed by atoms with E-state index in [1.54, 1.807) is 11.8 Å². The van der Waals surface area contributed by atoms with E-state index in [0.29, 0.717) is 5.75 Å². The molecule has 1 heterocycles. The van der Waals surface area contributed by atoms with Crippen molar-refractivity contribution in [3.63, 3.8) is 0 Å². The smallest absolute Gasteiger partial charge is 0.321 e. The first-order chi connectivity index (χ1) is 7.20. The molecule has 88 valence electrons. The van der Waals surface area contributed by atoms with Gasteiger partial charge >= 0.3 is 5.97 Å². The van der Waals surface area contributed by atoms with E-state index in [1.165, 1.54) is 25.9 Å². The quantitative estimate of drug-likeness (QED) is 0.630. The number of hydrogen-bond donors (Lipinski definition) is 2. The minimum Gasteiger partial charge on any atom is -0.480 e. The van der Waals surface area contributed by atoms with Crippen molar-refractivity contribution in [2.24, 2.45) is 5.73 Å². The van der Waals surface area contributed by atoms with Crippen molar-refractivity contribution >= 4 is 17.7 Å². The van der Waals surface area contributed by atoms with E-state index in [9.17, 15) is 4.79 Å². The van der Waals surface area contributed by atoms with Crippen LogP contribution in [0.25, 0.3) is 0 Å². The molecule has 1 saturated heterocycles. The van der Waals surface area contributed by atoms with E-state index in [-0.39, 0.29) is 0 Å². The number of carboxylic acid groups (broad SMARTS) is 1. The summed E-state index contributed by atoms with van der Waals surface area (Å²) < 4.78 is 0. The van der Waals surface area contributed by atoms with Crippen LogP contribution in [0.3, 0.4) is 0 Å². The number of likely N-dealkylation sites (tertiary alicyclic amines) is 1. The number of thioether (sulfide) groups is 1. The lowest BCUT2D eigenvalue weighted by molar-refractivity contribution is -0.137. The summed E-state index contributed by atoms with van der Waals surface area (Å²) >= 11 is 1.64. The van der Waals surface area contributed by atoms with Gasteiger partial charge in [-0.15, -0.1) is 0 Å². The molecule has 4 nitrogen and oxygen atoms in total. The molecule has 0 saturated carbocycles. The molecule has 1 aliphatic heterocycles. The third-order valence-corrected chi connectivity index (χ3v) is 3.75. The van der Waals surface area contributed by atoms with Gasteiger partial charge in [0.05, 0.1) is 0 Å². The number of nitrogens with two attached hydrogens (primary N) is 1. The minimum atomic E-state index is -0.901. The van der Waals surface area contributed by atoms with Crippen LogP contribution in [0.4, 0.5) is 0 Å². The summed E-state index contributed by atoms with van der Waals surface area (Å²) in [6.45, 7) is 3.62. The highest BCUT2D eigenvalue weighted by atomic mass is 32.2. The van der Waals surface area contributed by atoms with E-state index in [4.69, 9.17) is 10.8 Å². The van der Waals surface area contributed by atoms with Crippen molar-refractivity contribution in [1.29, 1.82) is 0 Å². The van der Waals surface area contributed by atoms with Gasteiger partial charge in [0.1, 0.15) is 6.04 Å². The molecule has 0 amide bonds. The van der Waals surface area contributed by atoms with Crippen LogP contribution in [0.1, 0.15) is 19.3 Å². The highest BCUT2D eigenvalue weighted by molar-refractivity contribution is 7.99. The molecule has 0 aromatic carbocycles. The molecule has 5 heteroatoms. The predicted molar refractivity (Wildman–Crippen MR) is 63.2 cm³/mol. The van der Waals surface area contributed by atoms with Crippen molar-refractivity contribution < 1.29 is 9.90 Å². The molecular formula is C10H20N2O2S. The first-order valence-electron chi connectivity index (χ1n) is 5.48. The third-order valence-electron chi connectivity index (χ3n) is 2.58. The van der Waals surface area contributed by atoms with Gasteiger partial charge in [-0.3, -0.25) is 4.79 Å². The van der Waals surface area contributed by atoms with Crippen LogP contribution >= 0.6 is 11.8 Å². The van der Waals surface area contributed by atoms with Crippen LogP contribution in [0, 0.1) is 0 Å². The van der Waals surface area contributed by atoms with Crippen molar-refractivity contribution in [3.05, 3.63) is 0 Å². The maximum Gasteiger partial charge on any atom is 0.321 e. The fourth-order valence-corrected chi connectivity index (χ4v) is 2.57. The molecule has 0 aromatic heterocycles. The van der Waals surface area contributed by atoms with Crippen LogP contribution in [-0.2, 0) is 4.79 Å². The zero-order chi connectivity index (χ0) is 11.1. The fourth-order valence-electron chi connectivity index (χ4n) is 1.68. The SMILES string of the molecule is NC(CSCCCN1CCCC1)C(=O)O. The maximum absolute atomic E-state index is 10.4. The molecule has 1 rings (SSSR count). The molecule has 1 aliphatic rings. The summed E-state index contributed by atoms with van der Waals surface area (Å²) in [6, 6.07) is -0.707. The second kappa shape index (κ2) is 7.09. The standard InChI is InChI=1S/C10H20N2O2S/c11-9(10(13)14)8-15-7-3-6-12-4-1-2-5-12/h9H,1-8,11H2,(H,13,14). The average molecular weight is 232 g/mol. The Morgan fingerprint density at radius 2 is 2.13 bits per heavy atom. The number of hydrogen-bond acceptors (Lipinski definition) is 4. The Morgan fingerprint density at radius 3 is 2.73 bits per heavy atom. The van der Waals surface area contributed by atoms with Gasteiger partial charge in [-0.25, -0.2) is 0 Å². The van der Waals surface area contributed by atoms with E-state index in [2.05, 4.69) is 4.90 Å². The van der Waals surface area contributed by atoms with E-state index in [1.807, 2.05) is 0 Å². The molecule has 1 unspecified atom stereocenters. The molecule has 0 spiro atoms. The van der Waals surface area contributed by atoms with Crippen molar-refractivity contribution in [1.82, 2.24) is 4.90 Å². The lowest BCUT2D eigenvalue weighted by Crippen LogP contribution is -2.32. The zero-order valence-electron chi connectivity index (χ0n) is 9.02. The normalized spacial score (nSPS) is 19.3.